The molecule has 27 heavy (non-hydrogen) atoms. The van der Waals surface area contributed by atoms with E-state index in [1.165, 1.54) is 0 Å². The van der Waals surface area contributed by atoms with Gasteiger partial charge in [-0.3, -0.25) is 4.67 Å². The Hall–Kier alpha value is -0.930. The molecule has 1 fully saturated rings. The zero-order chi connectivity index (χ0) is 20.0. The Kier molecular flexibility index (Phi) is 8.30. The number of pyridine rings is 1. The second kappa shape index (κ2) is 10.0. The fraction of sp³-hybridized carbons (Fsp3) is 0.600. The minimum atomic E-state index is -2.53. The first-order valence-corrected chi connectivity index (χ1v) is 13.1. The predicted octanol–water partition coefficient (Wildman–Crippen LogP) is 4.19. The van der Waals surface area contributed by atoms with Crippen molar-refractivity contribution in [1.82, 2.24) is 14.6 Å². The Labute approximate surface area is 173 Å². The molecule has 0 aromatic carbocycles. The van der Waals surface area contributed by atoms with Gasteiger partial charge in [0.25, 0.3) is 5.96 Å². The van der Waals surface area contributed by atoms with Crippen molar-refractivity contribution in [3.8, 4) is 0 Å². The molecule has 1 aliphatic heterocycles. The van der Waals surface area contributed by atoms with Crippen LogP contribution in [0.15, 0.2) is 23.4 Å². The highest BCUT2D eigenvalue weighted by atomic mass is 35.5. The van der Waals surface area contributed by atoms with Crippen LogP contribution < -0.4 is 0 Å². The van der Waals surface area contributed by atoms with Crippen LogP contribution in [0.2, 0.25) is 5.15 Å². The molecule has 1 aromatic rings. The molecule has 0 bridgehead atoms. The minimum absolute atomic E-state index is 0.252. The molecule has 0 radical (unpaired) electrons. The molecule has 1 saturated heterocycles. The zero-order valence-corrected chi connectivity index (χ0v) is 18.7. The van der Waals surface area contributed by atoms with Crippen molar-refractivity contribution in [2.24, 2.45) is 5.10 Å². The predicted molar refractivity (Wildman–Crippen MR) is 114 cm³/mol. The Morgan fingerprint density at radius 3 is 2.81 bits per heavy atom. The van der Waals surface area contributed by atoms with E-state index in [4.69, 9.17) is 27.9 Å². The largest absolute Gasteiger partial charge is 0.331 e. The lowest BCUT2D eigenvalue weighted by atomic mass is 10.3. The summed E-state index contributed by atoms with van der Waals surface area (Å²) in [6.45, 7) is 8.04. The van der Waals surface area contributed by atoms with E-state index in [0.717, 1.165) is 12.0 Å². The van der Waals surface area contributed by atoms with Crippen LogP contribution in [0.25, 0.3) is 0 Å². The van der Waals surface area contributed by atoms with E-state index in [2.05, 4.69) is 23.9 Å². The number of nitrogens with zero attached hydrogens (tertiary/aromatic N) is 5. The quantitative estimate of drug-likeness (QED) is 0.239. The molecule has 12 heteroatoms. The average Bonchev–Trinajstić information content (AvgIpc) is 2.99. The highest BCUT2D eigenvalue weighted by Gasteiger charge is 2.40. The topological polar surface area (TPSA) is 84.1 Å². The van der Waals surface area contributed by atoms with Crippen LogP contribution in [0.5, 0.6) is 0 Å². The second-order valence-electron chi connectivity index (χ2n) is 5.88. The molecule has 0 amide bonds. The average molecular weight is 452 g/mol. The number of nitro groups is 1. The maximum atomic E-state index is 11.2. The first kappa shape index (κ1) is 22.4. The standard InChI is InChI=1S/C15H23ClN5O3PS2/c1-4-12(3)27-25(26,24-5-2)20-9-8-19(15(20)18-21(22)23)11-13-6-7-14(16)17-10-13/h6-7,10,12H,4-5,8-9,11H2,1-3H3. The van der Waals surface area contributed by atoms with Crippen molar-refractivity contribution in [2.75, 3.05) is 19.7 Å². The van der Waals surface area contributed by atoms with E-state index in [-0.39, 0.29) is 11.2 Å². The van der Waals surface area contributed by atoms with Crippen LogP contribution in [0.3, 0.4) is 0 Å². The number of hydrogen-bond donors (Lipinski definition) is 0. The molecule has 0 saturated carbocycles. The van der Waals surface area contributed by atoms with Crippen LogP contribution in [-0.2, 0) is 22.9 Å². The molecular weight excluding hydrogens is 429 g/mol. The second-order valence-corrected chi connectivity index (χ2v) is 13.3. The summed E-state index contributed by atoms with van der Waals surface area (Å²) < 4.78 is 7.78. The van der Waals surface area contributed by atoms with Gasteiger partial charge in [0.15, 0.2) is 5.03 Å². The summed E-state index contributed by atoms with van der Waals surface area (Å²) in [6.07, 6.45) is 2.59. The van der Waals surface area contributed by atoms with E-state index >= 15 is 0 Å². The summed E-state index contributed by atoms with van der Waals surface area (Å²) in [5, 5.41) is 14.8. The molecule has 150 valence electrons. The summed E-state index contributed by atoms with van der Waals surface area (Å²) >= 11 is 13.3. The lowest BCUT2D eigenvalue weighted by Gasteiger charge is -2.32. The van der Waals surface area contributed by atoms with Gasteiger partial charge in [-0.1, -0.05) is 42.9 Å². The number of guanidine groups is 1. The number of rotatable bonds is 9. The molecule has 0 N–H and O–H groups in total. The molecule has 2 rings (SSSR count). The molecule has 2 unspecified atom stereocenters. The van der Waals surface area contributed by atoms with Gasteiger partial charge in [-0.05, 0) is 36.8 Å². The van der Waals surface area contributed by atoms with E-state index < -0.39 is 10.6 Å². The highest BCUT2D eigenvalue weighted by molar-refractivity contribution is 8.69. The van der Waals surface area contributed by atoms with Crippen molar-refractivity contribution >= 4 is 46.4 Å². The normalized spacial score (nSPS) is 19.3. The monoisotopic (exact) mass is 451 g/mol. The third-order valence-electron chi connectivity index (χ3n) is 3.90. The SMILES string of the molecule is CCOP(=S)(SC(C)CC)N1CCN(Cc2ccc(Cl)nc2)C1=N[N+](=O)[O-]. The molecular formula is C15H23ClN5O3PS2. The van der Waals surface area contributed by atoms with E-state index in [1.807, 2.05) is 22.6 Å². The Bertz CT molecular complexity index is 737. The van der Waals surface area contributed by atoms with Gasteiger partial charge in [0, 0.05) is 31.1 Å². The molecule has 2 heterocycles. The van der Waals surface area contributed by atoms with Crippen LogP contribution in [0.4, 0.5) is 0 Å². The first-order valence-electron chi connectivity index (χ1n) is 8.58. The maximum absolute atomic E-state index is 11.2. The van der Waals surface area contributed by atoms with Crippen molar-refractivity contribution in [1.29, 1.82) is 0 Å². The highest BCUT2D eigenvalue weighted by Crippen LogP contribution is 2.65. The van der Waals surface area contributed by atoms with Gasteiger partial charge >= 0.3 is 0 Å². The maximum Gasteiger partial charge on any atom is 0.280 e. The van der Waals surface area contributed by atoms with Gasteiger partial charge in [0.05, 0.1) is 6.61 Å². The van der Waals surface area contributed by atoms with Crippen LogP contribution >= 0.6 is 28.6 Å². The van der Waals surface area contributed by atoms with Crippen molar-refractivity contribution in [3.05, 3.63) is 39.2 Å². The number of hydrazone groups is 1. The van der Waals surface area contributed by atoms with E-state index in [1.54, 1.807) is 23.6 Å². The lowest BCUT2D eigenvalue weighted by Crippen LogP contribution is -2.32. The molecule has 1 aromatic heterocycles. The summed E-state index contributed by atoms with van der Waals surface area (Å²) in [5.41, 5.74) is -1.65. The summed E-state index contributed by atoms with van der Waals surface area (Å²) in [6, 6.07) is 3.53. The van der Waals surface area contributed by atoms with Gasteiger partial charge in [-0.25, -0.2) is 15.1 Å². The van der Waals surface area contributed by atoms with Crippen molar-refractivity contribution in [3.63, 3.8) is 0 Å². The summed E-state index contributed by atoms with van der Waals surface area (Å²) in [4.78, 5) is 17.1. The van der Waals surface area contributed by atoms with Crippen LogP contribution in [-0.4, -0.2) is 50.5 Å². The summed E-state index contributed by atoms with van der Waals surface area (Å²) in [5.74, 6) is 0.252. The van der Waals surface area contributed by atoms with Crippen LogP contribution in [0, 0.1) is 10.1 Å². The Morgan fingerprint density at radius 2 is 2.26 bits per heavy atom. The van der Waals surface area contributed by atoms with Crippen LogP contribution in [0.1, 0.15) is 32.8 Å². The van der Waals surface area contributed by atoms with Gasteiger partial charge in [-0.15, -0.1) is 0 Å². The fourth-order valence-electron chi connectivity index (χ4n) is 2.49. The molecule has 1 aliphatic rings. The third-order valence-corrected chi connectivity index (χ3v) is 11.1. The molecule has 8 nitrogen and oxygen atoms in total. The fourth-order valence-corrected chi connectivity index (χ4v) is 9.79. The summed E-state index contributed by atoms with van der Waals surface area (Å²) in [7, 11) is 0. The number of aromatic nitrogens is 1. The number of hydrogen-bond acceptors (Lipinski definition) is 6. The molecule has 0 spiro atoms. The van der Waals surface area contributed by atoms with Crippen molar-refractivity contribution in [2.45, 2.75) is 39.0 Å². The van der Waals surface area contributed by atoms with Gasteiger partial charge < -0.3 is 9.42 Å². The van der Waals surface area contributed by atoms with Gasteiger partial charge in [-0.2, -0.15) is 0 Å². The van der Waals surface area contributed by atoms with Crippen molar-refractivity contribution < 1.29 is 9.56 Å². The molecule has 2 atom stereocenters. The Balaban J connectivity index is 2.31. The molecule has 0 aliphatic carbocycles. The van der Waals surface area contributed by atoms with E-state index in [9.17, 15) is 10.1 Å². The van der Waals surface area contributed by atoms with E-state index in [0.29, 0.717) is 31.4 Å². The smallest absolute Gasteiger partial charge is 0.280 e. The van der Waals surface area contributed by atoms with Gasteiger partial charge in [0.1, 0.15) is 10.3 Å². The zero-order valence-electron chi connectivity index (χ0n) is 15.4. The first-order chi connectivity index (χ1) is 12.8. The lowest BCUT2D eigenvalue weighted by molar-refractivity contribution is -0.486. The Morgan fingerprint density at radius 1 is 1.52 bits per heavy atom. The van der Waals surface area contributed by atoms with Gasteiger partial charge in [0.2, 0.25) is 5.62 Å². The number of halogens is 1. The third kappa shape index (κ3) is 6.02. The minimum Gasteiger partial charge on any atom is -0.331 e.